The van der Waals surface area contributed by atoms with Crippen molar-refractivity contribution in [3.05, 3.63) is 88.1 Å². The van der Waals surface area contributed by atoms with Crippen LogP contribution in [0.2, 0.25) is 5.02 Å². The minimum Gasteiger partial charge on any atom is -0.447 e. The van der Waals surface area contributed by atoms with Gasteiger partial charge in [0.25, 0.3) is 5.56 Å². The van der Waals surface area contributed by atoms with Crippen LogP contribution in [0.1, 0.15) is 31.0 Å². The molecule has 6 rings (SSSR count). The average molecular weight is 588 g/mol. The molecule has 5 aromatic rings. The third kappa shape index (κ3) is 5.64. The number of tetrazole rings is 1. The van der Waals surface area contributed by atoms with Gasteiger partial charge in [-0.2, -0.15) is 4.68 Å². The SMILES string of the molecule is CCOCCOC(=O)Nc1ccc(-c2cnc([C@@H]3CCc4nc(-c5cc(Cl)ccc5-n5cnnn5)cc(=O)n43)[nH]2)cc1. The number of rotatable bonds is 9. The smallest absolute Gasteiger partial charge is 0.411 e. The Morgan fingerprint density at radius 3 is 2.81 bits per heavy atom. The minimum atomic E-state index is -0.546. The van der Waals surface area contributed by atoms with Crippen molar-refractivity contribution in [2.24, 2.45) is 0 Å². The van der Waals surface area contributed by atoms with Crippen LogP contribution in [0.25, 0.3) is 28.2 Å². The van der Waals surface area contributed by atoms with Gasteiger partial charge in [-0.05, 0) is 59.7 Å². The normalized spacial score (nSPS) is 14.1. The molecule has 2 N–H and O–H groups in total. The predicted octanol–water partition coefficient (Wildman–Crippen LogP) is 4.05. The average Bonchev–Trinajstić information content (AvgIpc) is 3.77. The summed E-state index contributed by atoms with van der Waals surface area (Å²) in [6.07, 6.45) is 3.93. The quantitative estimate of drug-likeness (QED) is 0.243. The van der Waals surface area contributed by atoms with E-state index < -0.39 is 6.09 Å². The molecule has 0 bridgehead atoms. The van der Waals surface area contributed by atoms with Crippen LogP contribution in [0.4, 0.5) is 10.5 Å². The van der Waals surface area contributed by atoms with Crippen LogP contribution in [0.15, 0.2) is 65.8 Å². The summed E-state index contributed by atoms with van der Waals surface area (Å²) in [6.45, 7) is 2.98. The molecule has 0 unspecified atom stereocenters. The maximum atomic E-state index is 13.4. The first kappa shape index (κ1) is 27.3. The third-order valence-corrected chi connectivity index (χ3v) is 7.06. The van der Waals surface area contributed by atoms with Crippen molar-refractivity contribution < 1.29 is 14.3 Å². The van der Waals surface area contributed by atoms with Crippen LogP contribution in [-0.4, -0.2) is 65.6 Å². The summed E-state index contributed by atoms with van der Waals surface area (Å²) in [4.78, 5) is 38.1. The number of benzene rings is 2. The molecule has 1 atom stereocenters. The Kier molecular flexibility index (Phi) is 7.75. The number of amides is 1. The highest BCUT2D eigenvalue weighted by molar-refractivity contribution is 6.31. The lowest BCUT2D eigenvalue weighted by atomic mass is 10.1. The van der Waals surface area contributed by atoms with E-state index in [9.17, 15) is 9.59 Å². The number of aromatic amines is 1. The van der Waals surface area contributed by atoms with E-state index in [2.05, 4.69) is 30.8 Å². The Hall–Kier alpha value is -4.88. The highest BCUT2D eigenvalue weighted by Crippen LogP contribution is 2.32. The van der Waals surface area contributed by atoms with Gasteiger partial charge >= 0.3 is 6.09 Å². The lowest BCUT2D eigenvalue weighted by Crippen LogP contribution is -2.25. The van der Waals surface area contributed by atoms with E-state index in [1.165, 1.54) is 17.1 Å². The van der Waals surface area contributed by atoms with E-state index in [0.29, 0.717) is 65.4 Å². The standard InChI is InChI=1S/C28H26ClN9O4/c1-2-41-11-12-42-28(40)32-19-6-3-17(4-7-19)22-15-30-27(34-22)24-9-10-25-33-21(14-26(39)38(24)25)20-13-18(29)5-8-23(20)37-16-31-35-36-37/h3-8,13-16,24H,2,9-12H2,1H3,(H,30,34)(H,32,40)/t24-/m0/s1. The first-order valence-electron chi connectivity index (χ1n) is 13.3. The minimum absolute atomic E-state index is 0.182. The maximum absolute atomic E-state index is 13.4. The summed E-state index contributed by atoms with van der Waals surface area (Å²) in [5, 5.41) is 14.6. The van der Waals surface area contributed by atoms with E-state index in [1.807, 2.05) is 19.1 Å². The molecule has 14 heteroatoms. The zero-order valence-electron chi connectivity index (χ0n) is 22.5. The highest BCUT2D eigenvalue weighted by atomic mass is 35.5. The molecule has 1 aliphatic heterocycles. The first-order chi connectivity index (χ1) is 20.5. The number of carbonyl (C=O) groups excluding carboxylic acids is 1. The van der Waals surface area contributed by atoms with Crippen LogP contribution >= 0.6 is 11.6 Å². The van der Waals surface area contributed by atoms with Crippen molar-refractivity contribution in [1.82, 2.24) is 39.7 Å². The van der Waals surface area contributed by atoms with Gasteiger partial charge in [-0.15, -0.1) is 5.10 Å². The van der Waals surface area contributed by atoms with Gasteiger partial charge in [-0.25, -0.2) is 14.8 Å². The highest BCUT2D eigenvalue weighted by Gasteiger charge is 2.29. The molecule has 0 spiro atoms. The molecule has 0 saturated heterocycles. The van der Waals surface area contributed by atoms with Crippen LogP contribution in [0.5, 0.6) is 0 Å². The molecule has 13 nitrogen and oxygen atoms in total. The Morgan fingerprint density at radius 2 is 2.02 bits per heavy atom. The van der Waals surface area contributed by atoms with Crippen LogP contribution in [-0.2, 0) is 15.9 Å². The van der Waals surface area contributed by atoms with Gasteiger partial charge in [0.2, 0.25) is 0 Å². The number of anilines is 1. The molecule has 0 aliphatic carbocycles. The Bertz CT molecular complexity index is 1770. The molecular weight excluding hydrogens is 562 g/mol. The Morgan fingerprint density at radius 1 is 1.17 bits per heavy atom. The van der Waals surface area contributed by atoms with Gasteiger partial charge in [0.1, 0.15) is 24.6 Å². The van der Waals surface area contributed by atoms with Crippen LogP contribution < -0.4 is 10.9 Å². The molecule has 0 fully saturated rings. The van der Waals surface area contributed by atoms with Gasteiger partial charge in [0.15, 0.2) is 0 Å². The second-order valence-electron chi connectivity index (χ2n) is 9.45. The van der Waals surface area contributed by atoms with E-state index in [0.717, 1.165) is 11.3 Å². The van der Waals surface area contributed by atoms with Crippen LogP contribution in [0, 0.1) is 0 Å². The summed E-state index contributed by atoms with van der Waals surface area (Å²) in [5.41, 5.74) is 3.86. The number of nitrogens with zero attached hydrogens (tertiary/aromatic N) is 7. The van der Waals surface area contributed by atoms with Gasteiger partial charge in [0, 0.05) is 35.4 Å². The molecule has 1 aliphatic rings. The number of carbonyl (C=O) groups is 1. The number of fused-ring (bicyclic) bond motifs is 1. The fourth-order valence-corrected chi connectivity index (χ4v) is 5.07. The predicted molar refractivity (Wildman–Crippen MR) is 154 cm³/mol. The van der Waals surface area contributed by atoms with E-state index in [1.54, 1.807) is 41.1 Å². The van der Waals surface area contributed by atoms with Crippen LogP contribution in [0.3, 0.4) is 0 Å². The van der Waals surface area contributed by atoms with Gasteiger partial charge in [0.05, 0.1) is 35.9 Å². The number of halogens is 1. The number of imidazole rings is 1. The number of aryl methyl sites for hydroxylation is 1. The Balaban J connectivity index is 1.20. The molecule has 0 saturated carbocycles. The van der Waals surface area contributed by atoms with E-state index >= 15 is 0 Å². The number of hydrogen-bond donors (Lipinski definition) is 2. The first-order valence-corrected chi connectivity index (χ1v) is 13.7. The lowest BCUT2D eigenvalue weighted by molar-refractivity contribution is 0.0850. The lowest BCUT2D eigenvalue weighted by Gasteiger charge is -2.14. The second-order valence-corrected chi connectivity index (χ2v) is 9.89. The summed E-state index contributed by atoms with van der Waals surface area (Å²) in [6, 6.07) is 13.8. The molecule has 0 radical (unpaired) electrons. The molecule has 4 heterocycles. The molecule has 1 amide bonds. The molecule has 3 aromatic heterocycles. The number of ether oxygens (including phenoxy) is 2. The Labute approximate surface area is 244 Å². The number of nitrogens with one attached hydrogen (secondary N) is 2. The molecule has 2 aromatic carbocycles. The van der Waals surface area contributed by atoms with E-state index in [-0.39, 0.29) is 18.2 Å². The summed E-state index contributed by atoms with van der Waals surface area (Å²) < 4.78 is 13.4. The number of hydrogen-bond acceptors (Lipinski definition) is 9. The number of aromatic nitrogens is 8. The van der Waals surface area contributed by atoms with Crippen molar-refractivity contribution >= 4 is 23.4 Å². The van der Waals surface area contributed by atoms with Gasteiger partial charge in [-0.3, -0.25) is 14.7 Å². The number of H-pyrrole nitrogens is 1. The zero-order valence-corrected chi connectivity index (χ0v) is 23.3. The monoisotopic (exact) mass is 587 g/mol. The van der Waals surface area contributed by atoms with Crippen molar-refractivity contribution in [3.63, 3.8) is 0 Å². The van der Waals surface area contributed by atoms with Gasteiger partial charge in [-0.1, -0.05) is 23.7 Å². The van der Waals surface area contributed by atoms with Gasteiger partial charge < -0.3 is 14.5 Å². The maximum Gasteiger partial charge on any atom is 0.411 e. The summed E-state index contributed by atoms with van der Waals surface area (Å²) in [5.74, 6) is 1.32. The van der Waals surface area contributed by atoms with Crippen molar-refractivity contribution in [3.8, 4) is 28.2 Å². The van der Waals surface area contributed by atoms with E-state index in [4.69, 9.17) is 26.1 Å². The molecule has 42 heavy (non-hydrogen) atoms. The van der Waals surface area contributed by atoms with Crippen molar-refractivity contribution in [2.45, 2.75) is 25.8 Å². The molecule has 214 valence electrons. The fourth-order valence-electron chi connectivity index (χ4n) is 4.90. The van der Waals surface area contributed by atoms with Crippen molar-refractivity contribution in [1.29, 1.82) is 0 Å². The fraction of sp³-hybridized carbons (Fsp3) is 0.250. The topological polar surface area (TPSA) is 155 Å². The summed E-state index contributed by atoms with van der Waals surface area (Å²) in [7, 11) is 0. The van der Waals surface area contributed by atoms with Crippen molar-refractivity contribution in [2.75, 3.05) is 25.1 Å². The third-order valence-electron chi connectivity index (χ3n) is 6.83. The second kappa shape index (κ2) is 11.9. The summed E-state index contributed by atoms with van der Waals surface area (Å²) >= 11 is 6.29. The zero-order chi connectivity index (χ0) is 29.1. The molecular formula is C28H26ClN9O4. The largest absolute Gasteiger partial charge is 0.447 e.